The number of carbonyl (C=O) groups excluding carboxylic acids is 3. The minimum atomic E-state index is -1.76. The number of rotatable bonds is 6. The van der Waals surface area contributed by atoms with Crippen LogP contribution in [-0.4, -0.2) is 47.8 Å². The van der Waals surface area contributed by atoms with E-state index in [0.717, 1.165) is 35.9 Å². The fourth-order valence-corrected chi connectivity index (χ4v) is 2.68. The number of hydrogen-bond acceptors (Lipinski definition) is 3. The lowest BCUT2D eigenvalue weighted by Gasteiger charge is -2.23. The Morgan fingerprint density at radius 1 is 1.32 bits per heavy atom. The zero-order valence-corrected chi connectivity index (χ0v) is 14.4. The fourth-order valence-electron chi connectivity index (χ4n) is 2.68. The SMILES string of the molecule is CCCCN(C)C(=O)CN1C(=O)N[C@@](C)(c2cc(F)ccc2F)C1=O. The molecule has 1 aliphatic heterocycles. The zero-order chi connectivity index (χ0) is 18.8. The molecule has 4 amide bonds. The van der Waals surface area contributed by atoms with E-state index in [1.165, 1.54) is 11.8 Å². The van der Waals surface area contributed by atoms with Crippen molar-refractivity contribution in [1.82, 2.24) is 15.1 Å². The lowest BCUT2D eigenvalue weighted by atomic mass is 9.91. The van der Waals surface area contributed by atoms with Gasteiger partial charge in [0, 0.05) is 19.2 Å². The Kier molecular flexibility index (Phi) is 5.39. The molecule has 1 N–H and O–H groups in total. The van der Waals surface area contributed by atoms with E-state index < -0.39 is 41.6 Å². The summed E-state index contributed by atoms with van der Waals surface area (Å²) >= 11 is 0. The van der Waals surface area contributed by atoms with E-state index in [4.69, 9.17) is 0 Å². The number of carbonyl (C=O) groups is 3. The summed E-state index contributed by atoms with van der Waals surface area (Å²) in [5, 5.41) is 2.36. The molecular formula is C17H21F2N3O3. The Bertz CT molecular complexity index is 710. The van der Waals surface area contributed by atoms with Crippen LogP contribution >= 0.6 is 0 Å². The first-order chi connectivity index (χ1) is 11.7. The largest absolute Gasteiger partial charge is 0.344 e. The lowest BCUT2D eigenvalue weighted by molar-refractivity contribution is -0.138. The molecule has 1 aliphatic rings. The van der Waals surface area contributed by atoms with Crippen LogP contribution < -0.4 is 5.32 Å². The molecule has 1 atom stereocenters. The second kappa shape index (κ2) is 7.16. The average molecular weight is 353 g/mol. The second-order valence-electron chi connectivity index (χ2n) is 6.24. The Morgan fingerprint density at radius 3 is 2.64 bits per heavy atom. The Labute approximate surface area is 144 Å². The monoisotopic (exact) mass is 353 g/mol. The highest BCUT2D eigenvalue weighted by atomic mass is 19.1. The summed E-state index contributed by atoms with van der Waals surface area (Å²) in [6.45, 7) is 3.33. The average Bonchev–Trinajstić information content (AvgIpc) is 2.78. The number of nitrogens with one attached hydrogen (secondary N) is 1. The molecule has 136 valence electrons. The minimum absolute atomic E-state index is 0.278. The van der Waals surface area contributed by atoms with Gasteiger partial charge in [0.05, 0.1) is 0 Å². The highest BCUT2D eigenvalue weighted by molar-refractivity contribution is 6.09. The highest BCUT2D eigenvalue weighted by Crippen LogP contribution is 2.31. The summed E-state index contributed by atoms with van der Waals surface area (Å²) in [5.41, 5.74) is -2.04. The second-order valence-corrected chi connectivity index (χ2v) is 6.24. The molecule has 0 bridgehead atoms. The summed E-state index contributed by atoms with van der Waals surface area (Å²) in [6.07, 6.45) is 1.70. The number of hydrogen-bond donors (Lipinski definition) is 1. The molecule has 8 heteroatoms. The van der Waals surface area contributed by atoms with Gasteiger partial charge >= 0.3 is 6.03 Å². The van der Waals surface area contributed by atoms with Crippen LogP contribution in [-0.2, 0) is 15.1 Å². The Hall–Kier alpha value is -2.51. The molecule has 0 radical (unpaired) electrons. The van der Waals surface area contributed by atoms with Gasteiger partial charge in [-0.1, -0.05) is 13.3 Å². The molecule has 0 saturated carbocycles. The number of imide groups is 1. The molecule has 0 spiro atoms. The quantitative estimate of drug-likeness (QED) is 0.795. The third-order valence-corrected chi connectivity index (χ3v) is 4.31. The smallest absolute Gasteiger partial charge is 0.325 e. The van der Waals surface area contributed by atoms with Crippen molar-refractivity contribution in [3.8, 4) is 0 Å². The van der Waals surface area contributed by atoms with Crippen LogP contribution in [0.2, 0.25) is 0 Å². The van der Waals surface area contributed by atoms with Crippen LogP contribution in [0.4, 0.5) is 13.6 Å². The first-order valence-electron chi connectivity index (χ1n) is 8.04. The highest BCUT2D eigenvalue weighted by Gasteiger charge is 2.51. The molecular weight excluding hydrogens is 332 g/mol. The first-order valence-corrected chi connectivity index (χ1v) is 8.04. The number of urea groups is 1. The van der Waals surface area contributed by atoms with Gasteiger partial charge in [-0.3, -0.25) is 14.5 Å². The summed E-state index contributed by atoms with van der Waals surface area (Å²) in [5.74, 6) is -2.74. The number of amides is 4. The third kappa shape index (κ3) is 3.62. The fraction of sp³-hybridized carbons (Fsp3) is 0.471. The molecule has 1 heterocycles. The van der Waals surface area contributed by atoms with E-state index in [1.54, 1.807) is 7.05 Å². The zero-order valence-electron chi connectivity index (χ0n) is 14.4. The summed E-state index contributed by atoms with van der Waals surface area (Å²) in [6, 6.07) is 1.87. The Morgan fingerprint density at radius 2 is 2.00 bits per heavy atom. The van der Waals surface area contributed by atoms with Gasteiger partial charge in [0.2, 0.25) is 5.91 Å². The van der Waals surface area contributed by atoms with Crippen molar-refractivity contribution in [1.29, 1.82) is 0 Å². The van der Waals surface area contributed by atoms with Crippen LogP contribution in [0.5, 0.6) is 0 Å². The van der Waals surface area contributed by atoms with Crippen molar-refractivity contribution >= 4 is 17.8 Å². The van der Waals surface area contributed by atoms with Gasteiger partial charge in [-0.15, -0.1) is 0 Å². The van der Waals surface area contributed by atoms with Crippen molar-refractivity contribution in [3.05, 3.63) is 35.4 Å². The molecule has 2 rings (SSSR count). The van der Waals surface area contributed by atoms with Gasteiger partial charge in [-0.2, -0.15) is 0 Å². The van der Waals surface area contributed by atoms with Gasteiger partial charge in [0.15, 0.2) is 0 Å². The standard InChI is InChI=1S/C17H21F2N3O3/c1-4-5-8-21(3)14(23)10-22-15(24)17(2,20-16(22)25)12-9-11(18)6-7-13(12)19/h6-7,9H,4-5,8,10H2,1-3H3,(H,20,25)/t17-/m0/s1. The number of likely N-dealkylation sites (N-methyl/N-ethyl adjacent to an activating group) is 1. The van der Waals surface area contributed by atoms with Crippen molar-refractivity contribution in [2.75, 3.05) is 20.1 Å². The van der Waals surface area contributed by atoms with Crippen molar-refractivity contribution in [2.24, 2.45) is 0 Å². The van der Waals surface area contributed by atoms with Crippen LogP contribution in [0.1, 0.15) is 32.3 Å². The van der Waals surface area contributed by atoms with Crippen molar-refractivity contribution < 1.29 is 23.2 Å². The van der Waals surface area contributed by atoms with Crippen LogP contribution in [0, 0.1) is 11.6 Å². The number of halogens is 2. The summed E-state index contributed by atoms with van der Waals surface area (Å²) in [7, 11) is 1.59. The minimum Gasteiger partial charge on any atom is -0.344 e. The lowest BCUT2D eigenvalue weighted by Crippen LogP contribution is -2.44. The third-order valence-electron chi connectivity index (χ3n) is 4.31. The summed E-state index contributed by atoms with van der Waals surface area (Å²) in [4.78, 5) is 39.2. The maximum absolute atomic E-state index is 14.1. The molecule has 6 nitrogen and oxygen atoms in total. The molecule has 0 unspecified atom stereocenters. The number of unbranched alkanes of at least 4 members (excludes halogenated alkanes) is 1. The van der Waals surface area contributed by atoms with Gasteiger partial charge in [0.25, 0.3) is 5.91 Å². The normalized spacial score (nSPS) is 20.0. The molecule has 1 fully saturated rings. The van der Waals surface area contributed by atoms with Gasteiger partial charge in [0.1, 0.15) is 23.7 Å². The van der Waals surface area contributed by atoms with E-state index in [-0.39, 0.29) is 5.56 Å². The molecule has 1 saturated heterocycles. The van der Waals surface area contributed by atoms with Crippen LogP contribution in [0.15, 0.2) is 18.2 Å². The Balaban J connectivity index is 2.22. The van der Waals surface area contributed by atoms with E-state index in [9.17, 15) is 23.2 Å². The molecule has 0 aromatic heterocycles. The topological polar surface area (TPSA) is 69.7 Å². The molecule has 1 aromatic carbocycles. The molecule has 0 aliphatic carbocycles. The van der Waals surface area contributed by atoms with Gasteiger partial charge in [-0.25, -0.2) is 13.6 Å². The van der Waals surface area contributed by atoms with Crippen molar-refractivity contribution in [2.45, 2.75) is 32.2 Å². The maximum Gasteiger partial charge on any atom is 0.325 e. The number of nitrogens with zero attached hydrogens (tertiary/aromatic N) is 2. The van der Waals surface area contributed by atoms with Gasteiger partial charge < -0.3 is 10.2 Å². The van der Waals surface area contributed by atoms with E-state index in [0.29, 0.717) is 6.54 Å². The predicted octanol–water partition coefficient (Wildman–Crippen LogP) is 1.99. The van der Waals surface area contributed by atoms with Crippen LogP contribution in [0.25, 0.3) is 0 Å². The van der Waals surface area contributed by atoms with E-state index in [1.807, 2.05) is 6.92 Å². The predicted molar refractivity (Wildman–Crippen MR) is 86.5 cm³/mol. The van der Waals surface area contributed by atoms with E-state index >= 15 is 0 Å². The summed E-state index contributed by atoms with van der Waals surface area (Å²) < 4.78 is 27.5. The maximum atomic E-state index is 14.1. The van der Waals surface area contributed by atoms with Crippen LogP contribution in [0.3, 0.4) is 0 Å². The van der Waals surface area contributed by atoms with Gasteiger partial charge in [-0.05, 0) is 31.5 Å². The first kappa shape index (κ1) is 18.8. The molecule has 25 heavy (non-hydrogen) atoms. The number of benzene rings is 1. The van der Waals surface area contributed by atoms with Crippen molar-refractivity contribution in [3.63, 3.8) is 0 Å². The molecule has 1 aromatic rings. The van der Waals surface area contributed by atoms with E-state index in [2.05, 4.69) is 5.32 Å².